The third-order valence-corrected chi connectivity index (χ3v) is 3.80. The summed E-state index contributed by atoms with van der Waals surface area (Å²) < 4.78 is 7.05. The van der Waals surface area contributed by atoms with E-state index in [-0.39, 0.29) is 11.6 Å². The Morgan fingerprint density at radius 1 is 1.33 bits per heavy atom. The van der Waals surface area contributed by atoms with Crippen molar-refractivity contribution >= 4 is 11.9 Å². The third kappa shape index (κ3) is 1.26. The standard InChI is InChI=1S/C12H14N2O4/c1-8(15)14-5-4-13-9(11(16)17)2-3-10(13)12(14)6-18-7-12/h2-3H,4-7H2,1H3,(H,16,17). The fourth-order valence-corrected chi connectivity index (χ4v) is 2.91. The number of carbonyl (C=O) groups excluding carboxylic acids is 1. The van der Waals surface area contributed by atoms with Gasteiger partial charge in [-0.15, -0.1) is 0 Å². The molecule has 0 aromatic carbocycles. The summed E-state index contributed by atoms with van der Waals surface area (Å²) in [7, 11) is 0. The Bertz CT molecular complexity index is 530. The van der Waals surface area contributed by atoms with Crippen molar-refractivity contribution in [1.29, 1.82) is 0 Å². The monoisotopic (exact) mass is 250 g/mol. The summed E-state index contributed by atoms with van der Waals surface area (Å²) in [6, 6.07) is 3.39. The highest BCUT2D eigenvalue weighted by molar-refractivity contribution is 5.86. The molecule has 0 bridgehead atoms. The van der Waals surface area contributed by atoms with Gasteiger partial charge in [-0.2, -0.15) is 0 Å². The molecule has 0 atom stereocenters. The largest absolute Gasteiger partial charge is 0.477 e. The van der Waals surface area contributed by atoms with Gasteiger partial charge in [0, 0.05) is 25.7 Å². The summed E-state index contributed by atoms with van der Waals surface area (Å²) in [5.74, 6) is -0.935. The third-order valence-electron chi connectivity index (χ3n) is 3.80. The topological polar surface area (TPSA) is 71.8 Å². The minimum atomic E-state index is -0.937. The van der Waals surface area contributed by atoms with Crippen molar-refractivity contribution in [3.05, 3.63) is 23.5 Å². The first-order valence-electron chi connectivity index (χ1n) is 5.85. The van der Waals surface area contributed by atoms with Crippen LogP contribution in [0.1, 0.15) is 23.1 Å². The van der Waals surface area contributed by atoms with Gasteiger partial charge in [0.2, 0.25) is 5.91 Å². The average Bonchev–Trinajstić information content (AvgIpc) is 2.68. The second-order valence-corrected chi connectivity index (χ2v) is 4.76. The summed E-state index contributed by atoms with van der Waals surface area (Å²) >= 11 is 0. The Labute approximate surface area is 104 Å². The number of fused-ring (bicyclic) bond motifs is 2. The number of hydrogen-bond acceptors (Lipinski definition) is 3. The van der Waals surface area contributed by atoms with Gasteiger partial charge in [0.15, 0.2) is 0 Å². The second-order valence-electron chi connectivity index (χ2n) is 4.76. The lowest BCUT2D eigenvalue weighted by Gasteiger charge is -2.52. The van der Waals surface area contributed by atoms with Crippen LogP contribution in [0.3, 0.4) is 0 Å². The molecule has 96 valence electrons. The first-order valence-corrected chi connectivity index (χ1v) is 5.85. The van der Waals surface area contributed by atoms with Gasteiger partial charge in [-0.1, -0.05) is 0 Å². The minimum Gasteiger partial charge on any atom is -0.477 e. The minimum absolute atomic E-state index is 0.00243. The van der Waals surface area contributed by atoms with Crippen LogP contribution < -0.4 is 0 Å². The van der Waals surface area contributed by atoms with E-state index < -0.39 is 11.5 Å². The zero-order chi connectivity index (χ0) is 12.9. The Morgan fingerprint density at radius 2 is 2.06 bits per heavy atom. The molecule has 6 heteroatoms. The highest BCUT2D eigenvalue weighted by Crippen LogP contribution is 2.39. The summed E-state index contributed by atoms with van der Waals surface area (Å²) in [5.41, 5.74) is 0.685. The number of carboxylic acid groups (broad SMARTS) is 1. The molecule has 1 N–H and O–H groups in total. The molecule has 0 radical (unpaired) electrons. The van der Waals surface area contributed by atoms with Crippen molar-refractivity contribution in [2.45, 2.75) is 19.0 Å². The van der Waals surface area contributed by atoms with Crippen molar-refractivity contribution < 1.29 is 19.4 Å². The quantitative estimate of drug-likeness (QED) is 0.776. The lowest BCUT2D eigenvalue weighted by Crippen LogP contribution is -2.64. The van der Waals surface area contributed by atoms with Crippen LogP contribution in [-0.2, 0) is 21.6 Å². The Kier molecular flexibility index (Phi) is 2.25. The predicted octanol–water partition coefficient (Wildman–Crippen LogP) is 0.274. The van der Waals surface area contributed by atoms with Gasteiger partial charge in [-0.3, -0.25) is 4.79 Å². The van der Waals surface area contributed by atoms with Gasteiger partial charge in [0.25, 0.3) is 0 Å². The molecule has 0 saturated carbocycles. The maximum absolute atomic E-state index is 11.7. The molecule has 1 amide bonds. The van der Waals surface area contributed by atoms with Crippen molar-refractivity contribution in [1.82, 2.24) is 9.47 Å². The van der Waals surface area contributed by atoms with Gasteiger partial charge in [0.05, 0.1) is 13.2 Å². The number of amides is 1. The number of ether oxygens (including phenoxy) is 1. The molecule has 1 fully saturated rings. The van der Waals surface area contributed by atoms with Crippen LogP contribution >= 0.6 is 0 Å². The maximum Gasteiger partial charge on any atom is 0.352 e. The lowest BCUT2D eigenvalue weighted by molar-refractivity contribution is -0.176. The highest BCUT2D eigenvalue weighted by atomic mass is 16.5. The molecular formula is C12H14N2O4. The lowest BCUT2D eigenvalue weighted by atomic mass is 9.88. The molecule has 1 spiro atoms. The summed E-state index contributed by atoms with van der Waals surface area (Å²) in [6.45, 7) is 3.47. The fraction of sp³-hybridized carbons (Fsp3) is 0.500. The molecule has 1 saturated heterocycles. The van der Waals surface area contributed by atoms with Crippen LogP contribution in [0.2, 0.25) is 0 Å². The Balaban J connectivity index is 2.10. The Hall–Kier alpha value is -1.82. The molecular weight excluding hydrogens is 236 g/mol. The summed E-state index contributed by atoms with van der Waals surface area (Å²) in [5, 5.41) is 9.13. The van der Waals surface area contributed by atoms with E-state index >= 15 is 0 Å². The summed E-state index contributed by atoms with van der Waals surface area (Å²) in [6.07, 6.45) is 0. The van der Waals surface area contributed by atoms with Gasteiger partial charge in [-0.25, -0.2) is 4.79 Å². The highest BCUT2D eigenvalue weighted by Gasteiger charge is 2.51. The number of aromatic nitrogens is 1. The number of carboxylic acids is 1. The second kappa shape index (κ2) is 3.58. The van der Waals surface area contributed by atoms with Crippen LogP contribution in [-0.4, -0.2) is 46.2 Å². The zero-order valence-corrected chi connectivity index (χ0v) is 10.0. The van der Waals surface area contributed by atoms with Crippen LogP contribution in [0.25, 0.3) is 0 Å². The number of nitrogens with zero attached hydrogens (tertiary/aromatic N) is 2. The molecule has 6 nitrogen and oxygen atoms in total. The first kappa shape index (κ1) is 11.3. The van der Waals surface area contributed by atoms with Gasteiger partial charge in [-0.05, 0) is 12.1 Å². The molecule has 1 aromatic rings. The number of carbonyl (C=O) groups is 2. The number of rotatable bonds is 1. The van der Waals surface area contributed by atoms with Gasteiger partial charge in [0.1, 0.15) is 11.2 Å². The molecule has 1 aromatic heterocycles. The van der Waals surface area contributed by atoms with E-state index in [2.05, 4.69) is 0 Å². The molecule has 2 aliphatic rings. The van der Waals surface area contributed by atoms with Gasteiger partial charge >= 0.3 is 5.97 Å². The molecule has 2 aliphatic heterocycles. The molecule has 18 heavy (non-hydrogen) atoms. The first-order chi connectivity index (χ1) is 8.56. The molecule has 3 rings (SSSR count). The predicted molar refractivity (Wildman–Crippen MR) is 61.3 cm³/mol. The molecule has 0 unspecified atom stereocenters. The SMILES string of the molecule is CC(=O)N1CCn2c(C(=O)O)ccc2C12COC2. The van der Waals surface area contributed by atoms with Crippen LogP contribution in [0, 0.1) is 0 Å². The number of aromatic carboxylic acids is 1. The van der Waals surface area contributed by atoms with Crippen molar-refractivity contribution in [3.63, 3.8) is 0 Å². The molecule has 0 aliphatic carbocycles. The van der Waals surface area contributed by atoms with Crippen molar-refractivity contribution in [3.8, 4) is 0 Å². The average molecular weight is 250 g/mol. The zero-order valence-electron chi connectivity index (χ0n) is 10.0. The Morgan fingerprint density at radius 3 is 2.56 bits per heavy atom. The van der Waals surface area contributed by atoms with E-state index in [1.165, 1.54) is 6.92 Å². The number of hydrogen-bond donors (Lipinski definition) is 1. The van der Waals surface area contributed by atoms with E-state index in [9.17, 15) is 9.59 Å². The van der Waals surface area contributed by atoms with E-state index in [1.54, 1.807) is 21.6 Å². The van der Waals surface area contributed by atoms with E-state index in [0.29, 0.717) is 26.3 Å². The maximum atomic E-state index is 11.7. The fourth-order valence-electron chi connectivity index (χ4n) is 2.91. The smallest absolute Gasteiger partial charge is 0.352 e. The van der Waals surface area contributed by atoms with E-state index in [4.69, 9.17) is 9.84 Å². The van der Waals surface area contributed by atoms with Crippen molar-refractivity contribution in [2.24, 2.45) is 0 Å². The summed E-state index contributed by atoms with van der Waals surface area (Å²) in [4.78, 5) is 24.6. The normalized spacial score (nSPS) is 20.4. The van der Waals surface area contributed by atoms with Gasteiger partial charge < -0.3 is 19.3 Å². The molecule has 3 heterocycles. The van der Waals surface area contributed by atoms with E-state index in [1.807, 2.05) is 0 Å². The van der Waals surface area contributed by atoms with Crippen molar-refractivity contribution in [2.75, 3.05) is 19.8 Å². The van der Waals surface area contributed by atoms with Crippen LogP contribution in [0.15, 0.2) is 12.1 Å². The van der Waals surface area contributed by atoms with Crippen LogP contribution in [0.4, 0.5) is 0 Å². The van der Waals surface area contributed by atoms with E-state index in [0.717, 1.165) is 5.69 Å². The van der Waals surface area contributed by atoms with Crippen LogP contribution in [0.5, 0.6) is 0 Å².